The van der Waals surface area contributed by atoms with Gasteiger partial charge in [0.1, 0.15) is 17.1 Å². The van der Waals surface area contributed by atoms with Crippen molar-refractivity contribution in [2.24, 2.45) is 0 Å². The molecule has 0 unspecified atom stereocenters. The predicted molar refractivity (Wildman–Crippen MR) is 78.8 cm³/mol. The molecule has 104 valence electrons. The van der Waals surface area contributed by atoms with Gasteiger partial charge in [-0.15, -0.1) is 0 Å². The summed E-state index contributed by atoms with van der Waals surface area (Å²) in [5, 5.41) is 10.3. The molecule has 0 aliphatic heterocycles. The maximum absolute atomic E-state index is 14.1. The van der Waals surface area contributed by atoms with Crippen LogP contribution in [0.15, 0.2) is 39.5 Å². The lowest BCUT2D eigenvalue weighted by atomic mass is 10.0. The quantitative estimate of drug-likeness (QED) is 0.390. The molecule has 1 heterocycles. The number of phenolic OH excluding ortho intramolecular Hbond substituents is 1. The standard InChI is InChI=1S/C17H11FO3/c1-2-3-4-10-5-6-12-13(7-10)17(20)21-15-9-11(19)8-14(18)16(12)15/h5-9,19H,2H2,1H3. The summed E-state index contributed by atoms with van der Waals surface area (Å²) in [4.78, 5) is 12.0. The highest BCUT2D eigenvalue weighted by Crippen LogP contribution is 2.29. The monoisotopic (exact) mass is 282 g/mol. The number of hydrogen-bond acceptors (Lipinski definition) is 3. The highest BCUT2D eigenvalue weighted by molar-refractivity contribution is 6.05. The van der Waals surface area contributed by atoms with Crippen LogP contribution in [0.3, 0.4) is 0 Å². The summed E-state index contributed by atoms with van der Waals surface area (Å²) in [7, 11) is 0. The zero-order valence-electron chi connectivity index (χ0n) is 11.2. The van der Waals surface area contributed by atoms with Gasteiger partial charge in [0.05, 0.1) is 10.8 Å². The number of phenols is 1. The Balaban J connectivity index is 2.43. The molecule has 3 rings (SSSR count). The van der Waals surface area contributed by atoms with E-state index in [2.05, 4.69) is 11.8 Å². The summed E-state index contributed by atoms with van der Waals surface area (Å²) < 4.78 is 19.2. The molecule has 0 amide bonds. The fourth-order valence-electron chi connectivity index (χ4n) is 2.26. The Morgan fingerprint density at radius 1 is 1.24 bits per heavy atom. The van der Waals surface area contributed by atoms with Crippen LogP contribution < -0.4 is 5.63 Å². The van der Waals surface area contributed by atoms with E-state index in [1.54, 1.807) is 18.2 Å². The molecule has 1 N–H and O–H groups in total. The second-order valence-electron chi connectivity index (χ2n) is 4.61. The second-order valence-corrected chi connectivity index (χ2v) is 4.61. The zero-order chi connectivity index (χ0) is 15.0. The van der Waals surface area contributed by atoms with Gasteiger partial charge in [0.25, 0.3) is 0 Å². The van der Waals surface area contributed by atoms with E-state index < -0.39 is 11.4 Å². The lowest BCUT2D eigenvalue weighted by molar-refractivity contribution is 0.467. The molecule has 3 aromatic rings. The third kappa shape index (κ3) is 2.23. The average molecular weight is 282 g/mol. The van der Waals surface area contributed by atoms with Gasteiger partial charge in [-0.25, -0.2) is 9.18 Å². The minimum absolute atomic E-state index is 0.0254. The van der Waals surface area contributed by atoms with E-state index in [0.29, 0.717) is 17.4 Å². The van der Waals surface area contributed by atoms with E-state index in [0.717, 1.165) is 6.07 Å². The fourth-order valence-corrected chi connectivity index (χ4v) is 2.26. The first kappa shape index (κ1) is 13.2. The van der Waals surface area contributed by atoms with Crippen molar-refractivity contribution in [2.75, 3.05) is 0 Å². The lowest BCUT2D eigenvalue weighted by Gasteiger charge is -2.04. The highest BCUT2D eigenvalue weighted by Gasteiger charge is 2.13. The summed E-state index contributed by atoms with van der Waals surface area (Å²) in [6.45, 7) is 1.93. The summed E-state index contributed by atoms with van der Waals surface area (Å²) in [5.74, 6) is 4.92. The largest absolute Gasteiger partial charge is 0.508 e. The molecule has 0 radical (unpaired) electrons. The van der Waals surface area contributed by atoms with E-state index >= 15 is 0 Å². The van der Waals surface area contributed by atoms with Crippen LogP contribution >= 0.6 is 0 Å². The highest BCUT2D eigenvalue weighted by atomic mass is 19.1. The van der Waals surface area contributed by atoms with Crippen LogP contribution in [0.5, 0.6) is 5.75 Å². The van der Waals surface area contributed by atoms with Crippen LogP contribution in [0.25, 0.3) is 21.7 Å². The molecular formula is C17H11FO3. The Morgan fingerprint density at radius 2 is 2.05 bits per heavy atom. The van der Waals surface area contributed by atoms with Gasteiger partial charge in [0.15, 0.2) is 0 Å². The lowest BCUT2D eigenvalue weighted by Crippen LogP contribution is -2.01. The molecule has 0 spiro atoms. The zero-order valence-corrected chi connectivity index (χ0v) is 11.2. The topological polar surface area (TPSA) is 50.4 Å². The van der Waals surface area contributed by atoms with Crippen LogP contribution in [0, 0.1) is 17.7 Å². The van der Waals surface area contributed by atoms with Crippen molar-refractivity contribution in [2.45, 2.75) is 13.3 Å². The number of halogens is 1. The van der Waals surface area contributed by atoms with Gasteiger partial charge in [0.2, 0.25) is 0 Å². The average Bonchev–Trinajstić information content (AvgIpc) is 2.44. The van der Waals surface area contributed by atoms with Crippen LogP contribution in [0.1, 0.15) is 18.9 Å². The summed E-state index contributed by atoms with van der Waals surface area (Å²) >= 11 is 0. The summed E-state index contributed by atoms with van der Waals surface area (Å²) in [6.07, 6.45) is 0.707. The number of hydrogen-bond donors (Lipinski definition) is 1. The van der Waals surface area contributed by atoms with Crippen molar-refractivity contribution in [1.29, 1.82) is 0 Å². The van der Waals surface area contributed by atoms with Crippen LogP contribution in [0.4, 0.5) is 4.39 Å². The number of rotatable bonds is 0. The Bertz CT molecular complexity index is 974. The minimum atomic E-state index is -0.633. The third-order valence-corrected chi connectivity index (χ3v) is 3.16. The van der Waals surface area contributed by atoms with Gasteiger partial charge in [-0.05, 0) is 12.1 Å². The van der Waals surface area contributed by atoms with Gasteiger partial charge in [-0.3, -0.25) is 0 Å². The molecule has 3 nitrogen and oxygen atoms in total. The molecular weight excluding hydrogens is 271 g/mol. The van der Waals surface area contributed by atoms with E-state index in [1.807, 2.05) is 6.92 Å². The number of aromatic hydroxyl groups is 1. The van der Waals surface area contributed by atoms with Crippen molar-refractivity contribution < 1.29 is 13.9 Å². The molecule has 0 fully saturated rings. The summed E-state index contributed by atoms with van der Waals surface area (Å²) in [6, 6.07) is 7.19. The molecule has 2 aromatic carbocycles. The molecule has 4 heteroatoms. The normalized spacial score (nSPS) is 10.6. The van der Waals surface area contributed by atoms with Crippen molar-refractivity contribution in [3.05, 3.63) is 52.1 Å². The van der Waals surface area contributed by atoms with Gasteiger partial charge in [-0.2, -0.15) is 0 Å². The first-order valence-electron chi connectivity index (χ1n) is 6.48. The molecule has 0 aliphatic rings. The molecule has 0 saturated carbocycles. The predicted octanol–water partition coefficient (Wildman–Crippen LogP) is 3.55. The Morgan fingerprint density at radius 3 is 2.81 bits per heavy atom. The van der Waals surface area contributed by atoms with Crippen molar-refractivity contribution in [3.8, 4) is 17.6 Å². The molecule has 0 bridgehead atoms. The first-order valence-corrected chi connectivity index (χ1v) is 6.48. The Hall–Kier alpha value is -2.80. The molecule has 0 saturated heterocycles. The number of benzene rings is 2. The van der Waals surface area contributed by atoms with Crippen molar-refractivity contribution in [1.82, 2.24) is 0 Å². The molecule has 0 aliphatic carbocycles. The van der Waals surface area contributed by atoms with Gasteiger partial charge in [-0.1, -0.05) is 24.8 Å². The van der Waals surface area contributed by atoms with Crippen molar-refractivity contribution in [3.63, 3.8) is 0 Å². The molecule has 21 heavy (non-hydrogen) atoms. The molecule has 1 aromatic heterocycles. The SMILES string of the molecule is CCC#Cc1ccc2c(c1)c(=O)oc1cc(O)cc(F)c12. The fraction of sp³-hybridized carbons (Fsp3) is 0.118. The van der Waals surface area contributed by atoms with Gasteiger partial charge in [0, 0.05) is 29.5 Å². The maximum atomic E-state index is 14.1. The van der Waals surface area contributed by atoms with Crippen LogP contribution in [0.2, 0.25) is 0 Å². The van der Waals surface area contributed by atoms with E-state index in [4.69, 9.17) is 4.42 Å². The maximum Gasteiger partial charge on any atom is 0.344 e. The third-order valence-electron chi connectivity index (χ3n) is 3.16. The van der Waals surface area contributed by atoms with Crippen molar-refractivity contribution >= 4 is 21.7 Å². The molecule has 0 atom stereocenters. The smallest absolute Gasteiger partial charge is 0.344 e. The van der Waals surface area contributed by atoms with Gasteiger partial charge >= 0.3 is 5.63 Å². The second kappa shape index (κ2) is 4.95. The first-order chi connectivity index (χ1) is 10.1. The van der Waals surface area contributed by atoms with Gasteiger partial charge < -0.3 is 9.52 Å². The minimum Gasteiger partial charge on any atom is -0.508 e. The van der Waals surface area contributed by atoms with E-state index in [1.165, 1.54) is 6.07 Å². The van der Waals surface area contributed by atoms with E-state index in [9.17, 15) is 14.3 Å². The number of fused-ring (bicyclic) bond motifs is 3. The van der Waals surface area contributed by atoms with Crippen LogP contribution in [-0.2, 0) is 0 Å². The Labute approximate surface area is 119 Å². The Kier molecular flexibility index (Phi) is 3.11. The summed E-state index contributed by atoms with van der Waals surface area (Å²) in [5.41, 5.74) is 0.121. The van der Waals surface area contributed by atoms with E-state index in [-0.39, 0.29) is 22.1 Å². The van der Waals surface area contributed by atoms with Crippen LogP contribution in [-0.4, -0.2) is 5.11 Å².